The zero-order valence-electron chi connectivity index (χ0n) is 10.4. The Morgan fingerprint density at radius 2 is 2.06 bits per heavy atom. The van der Waals surface area contributed by atoms with Crippen molar-refractivity contribution in [3.8, 4) is 0 Å². The van der Waals surface area contributed by atoms with Gasteiger partial charge >= 0.3 is 0 Å². The van der Waals surface area contributed by atoms with Crippen LogP contribution in [0.15, 0.2) is 24.3 Å². The van der Waals surface area contributed by atoms with E-state index in [2.05, 4.69) is 15.3 Å². The lowest BCUT2D eigenvalue weighted by Gasteiger charge is -2.09. The van der Waals surface area contributed by atoms with Gasteiger partial charge in [0.25, 0.3) is 0 Å². The molecule has 0 aliphatic carbocycles. The number of anilines is 3. The van der Waals surface area contributed by atoms with Crippen LogP contribution in [0.4, 0.5) is 17.3 Å². The normalized spacial score (nSPS) is 10.4. The fourth-order valence-electron chi connectivity index (χ4n) is 1.60. The molecule has 0 radical (unpaired) electrons. The number of nitrogens with one attached hydrogen (secondary N) is 1. The number of aromatic nitrogens is 2. The van der Waals surface area contributed by atoms with Crippen molar-refractivity contribution in [3.05, 3.63) is 40.7 Å². The third kappa shape index (κ3) is 2.90. The van der Waals surface area contributed by atoms with Gasteiger partial charge in [0.2, 0.25) is 0 Å². The van der Waals surface area contributed by atoms with E-state index in [1.165, 1.54) is 0 Å². The number of aryl methyl sites for hydroxylation is 2. The van der Waals surface area contributed by atoms with E-state index in [-0.39, 0.29) is 0 Å². The molecule has 0 amide bonds. The Hall–Kier alpha value is -1.81. The summed E-state index contributed by atoms with van der Waals surface area (Å²) in [5.41, 5.74) is 7.65. The van der Waals surface area contributed by atoms with E-state index < -0.39 is 0 Å². The van der Waals surface area contributed by atoms with Crippen LogP contribution >= 0.6 is 11.6 Å². The Balaban J connectivity index is 2.30. The first kappa shape index (κ1) is 12.6. The average molecular weight is 263 g/mol. The van der Waals surface area contributed by atoms with Crippen LogP contribution in [0.3, 0.4) is 0 Å². The third-order valence-corrected chi connectivity index (χ3v) is 2.81. The molecule has 0 aliphatic heterocycles. The Labute approximate surface area is 111 Å². The molecule has 3 N–H and O–H groups in total. The van der Waals surface area contributed by atoms with Gasteiger partial charge in [-0.2, -0.15) is 0 Å². The first-order chi connectivity index (χ1) is 8.58. The van der Waals surface area contributed by atoms with Crippen LogP contribution < -0.4 is 11.1 Å². The number of hydrogen-bond donors (Lipinski definition) is 2. The van der Waals surface area contributed by atoms with Crippen molar-refractivity contribution in [2.45, 2.75) is 20.3 Å². The van der Waals surface area contributed by atoms with Gasteiger partial charge in [-0.3, -0.25) is 0 Å². The molecule has 0 saturated carbocycles. The summed E-state index contributed by atoms with van der Waals surface area (Å²) in [6.45, 7) is 3.98. The molecule has 2 rings (SSSR count). The van der Waals surface area contributed by atoms with Crippen LogP contribution in [0.1, 0.15) is 18.3 Å². The standard InChI is InChI=1S/C13H15ClN4/c1-3-12-17-11(15)7-13(18-12)16-10-5-4-8(2)6-9(10)14/h4-7H,3H2,1-2H3,(H3,15,16,17,18). The molecule has 1 heterocycles. The summed E-state index contributed by atoms with van der Waals surface area (Å²) >= 11 is 6.16. The number of benzene rings is 1. The molecular weight excluding hydrogens is 248 g/mol. The summed E-state index contributed by atoms with van der Waals surface area (Å²) in [5.74, 6) is 1.82. The lowest BCUT2D eigenvalue weighted by Crippen LogP contribution is -2.03. The maximum absolute atomic E-state index is 6.16. The van der Waals surface area contributed by atoms with Gasteiger partial charge in [-0.1, -0.05) is 24.6 Å². The number of nitrogens with zero attached hydrogens (tertiary/aromatic N) is 2. The van der Waals surface area contributed by atoms with Crippen LogP contribution in [0, 0.1) is 6.92 Å². The summed E-state index contributed by atoms with van der Waals surface area (Å²) in [7, 11) is 0. The van der Waals surface area contributed by atoms with Crippen molar-refractivity contribution in [1.29, 1.82) is 0 Å². The van der Waals surface area contributed by atoms with Gasteiger partial charge in [-0.15, -0.1) is 0 Å². The lowest BCUT2D eigenvalue weighted by molar-refractivity contribution is 0.948. The number of halogens is 1. The molecular formula is C13H15ClN4. The maximum Gasteiger partial charge on any atom is 0.136 e. The minimum atomic E-state index is 0.451. The van der Waals surface area contributed by atoms with E-state index in [0.717, 1.165) is 17.7 Å². The van der Waals surface area contributed by atoms with Crippen molar-refractivity contribution < 1.29 is 0 Å². The molecule has 0 aliphatic rings. The smallest absolute Gasteiger partial charge is 0.136 e. The van der Waals surface area contributed by atoms with E-state index in [1.807, 2.05) is 32.0 Å². The summed E-state index contributed by atoms with van der Waals surface area (Å²) in [4.78, 5) is 8.47. The van der Waals surface area contributed by atoms with Crippen LogP contribution in [0.5, 0.6) is 0 Å². The summed E-state index contributed by atoms with van der Waals surface area (Å²) in [5, 5.41) is 3.81. The molecule has 4 nitrogen and oxygen atoms in total. The molecule has 1 aromatic heterocycles. The number of hydrogen-bond acceptors (Lipinski definition) is 4. The molecule has 5 heteroatoms. The largest absolute Gasteiger partial charge is 0.384 e. The van der Waals surface area contributed by atoms with Gasteiger partial charge in [-0.25, -0.2) is 9.97 Å². The zero-order valence-corrected chi connectivity index (χ0v) is 11.1. The highest BCUT2D eigenvalue weighted by Gasteiger charge is 2.04. The third-order valence-electron chi connectivity index (χ3n) is 2.50. The second kappa shape index (κ2) is 5.23. The van der Waals surface area contributed by atoms with Gasteiger partial charge < -0.3 is 11.1 Å². The van der Waals surface area contributed by atoms with E-state index in [9.17, 15) is 0 Å². The lowest BCUT2D eigenvalue weighted by atomic mass is 10.2. The second-order valence-corrected chi connectivity index (χ2v) is 4.46. The highest BCUT2D eigenvalue weighted by atomic mass is 35.5. The van der Waals surface area contributed by atoms with Gasteiger partial charge in [0, 0.05) is 12.5 Å². The number of nitrogens with two attached hydrogens (primary N) is 1. The molecule has 1 aromatic carbocycles. The number of nitrogen functional groups attached to an aromatic ring is 1. The molecule has 0 unspecified atom stereocenters. The van der Waals surface area contributed by atoms with E-state index in [4.69, 9.17) is 17.3 Å². The van der Waals surface area contributed by atoms with Crippen LogP contribution in [-0.4, -0.2) is 9.97 Å². The van der Waals surface area contributed by atoms with Crippen molar-refractivity contribution in [1.82, 2.24) is 9.97 Å². The maximum atomic E-state index is 6.16. The first-order valence-corrected chi connectivity index (χ1v) is 6.13. The van der Waals surface area contributed by atoms with Gasteiger partial charge in [0.05, 0.1) is 10.7 Å². The molecule has 0 fully saturated rings. The minimum Gasteiger partial charge on any atom is -0.384 e. The summed E-state index contributed by atoms with van der Waals surface area (Å²) < 4.78 is 0. The Bertz CT molecular complexity index is 569. The molecule has 0 spiro atoms. The van der Waals surface area contributed by atoms with E-state index >= 15 is 0 Å². The van der Waals surface area contributed by atoms with Crippen LogP contribution in [0.25, 0.3) is 0 Å². The van der Waals surface area contributed by atoms with E-state index in [1.54, 1.807) is 6.07 Å². The highest BCUT2D eigenvalue weighted by molar-refractivity contribution is 6.33. The Morgan fingerprint density at radius 3 is 2.72 bits per heavy atom. The van der Waals surface area contributed by atoms with Crippen LogP contribution in [0.2, 0.25) is 5.02 Å². The van der Waals surface area contributed by atoms with Crippen molar-refractivity contribution in [3.63, 3.8) is 0 Å². The molecule has 0 bridgehead atoms. The average Bonchev–Trinajstić information content (AvgIpc) is 2.32. The molecule has 0 saturated heterocycles. The van der Waals surface area contributed by atoms with Crippen molar-refractivity contribution in [2.24, 2.45) is 0 Å². The van der Waals surface area contributed by atoms with Gasteiger partial charge in [0.1, 0.15) is 17.5 Å². The van der Waals surface area contributed by atoms with Crippen molar-refractivity contribution >= 4 is 28.9 Å². The Morgan fingerprint density at radius 1 is 1.28 bits per heavy atom. The molecule has 18 heavy (non-hydrogen) atoms. The molecule has 2 aromatic rings. The zero-order chi connectivity index (χ0) is 13.1. The topological polar surface area (TPSA) is 63.8 Å². The summed E-state index contributed by atoms with van der Waals surface area (Å²) in [6, 6.07) is 7.49. The second-order valence-electron chi connectivity index (χ2n) is 4.06. The predicted octanol–water partition coefficient (Wildman–Crippen LogP) is 3.33. The SMILES string of the molecule is CCc1nc(N)cc(Nc2ccc(C)cc2Cl)n1. The predicted molar refractivity (Wildman–Crippen MR) is 75.3 cm³/mol. The Kier molecular flexibility index (Phi) is 3.67. The fraction of sp³-hybridized carbons (Fsp3) is 0.231. The monoisotopic (exact) mass is 262 g/mol. The quantitative estimate of drug-likeness (QED) is 0.891. The first-order valence-electron chi connectivity index (χ1n) is 5.75. The van der Waals surface area contributed by atoms with Crippen LogP contribution in [-0.2, 0) is 6.42 Å². The van der Waals surface area contributed by atoms with Gasteiger partial charge in [-0.05, 0) is 24.6 Å². The van der Waals surface area contributed by atoms with Crippen molar-refractivity contribution in [2.75, 3.05) is 11.1 Å². The molecule has 94 valence electrons. The highest BCUT2D eigenvalue weighted by Crippen LogP contribution is 2.26. The molecule has 0 atom stereocenters. The van der Waals surface area contributed by atoms with Gasteiger partial charge in [0.15, 0.2) is 0 Å². The number of rotatable bonds is 3. The summed E-state index contributed by atoms with van der Waals surface area (Å²) in [6.07, 6.45) is 0.737. The fourth-order valence-corrected chi connectivity index (χ4v) is 1.88. The minimum absolute atomic E-state index is 0.451. The van der Waals surface area contributed by atoms with E-state index in [0.29, 0.717) is 22.5 Å².